The van der Waals surface area contributed by atoms with E-state index in [1.807, 2.05) is 14.0 Å². The highest BCUT2D eigenvalue weighted by atomic mass is 32.2. The maximum absolute atomic E-state index is 12.3. The SMILES string of the molecule is CCOC(=O)C(CSc1nnnn1C)(NC)C1CC1. The fourth-order valence-corrected chi connectivity index (χ4v) is 3.25. The molecule has 0 aliphatic heterocycles. The first-order valence-electron chi connectivity index (χ1n) is 6.35. The molecule has 1 aliphatic rings. The summed E-state index contributed by atoms with van der Waals surface area (Å²) >= 11 is 1.47. The van der Waals surface area contributed by atoms with E-state index in [4.69, 9.17) is 4.74 Å². The summed E-state index contributed by atoms with van der Waals surface area (Å²) in [5.41, 5.74) is -0.632. The van der Waals surface area contributed by atoms with Crippen LogP contribution in [0.4, 0.5) is 0 Å². The Balaban J connectivity index is 2.09. The first kappa shape index (κ1) is 14.3. The van der Waals surface area contributed by atoms with Gasteiger partial charge in [0, 0.05) is 12.8 Å². The number of carbonyl (C=O) groups excluding carboxylic acids is 1. The third-order valence-electron chi connectivity index (χ3n) is 3.37. The number of carbonyl (C=O) groups is 1. The molecule has 7 nitrogen and oxygen atoms in total. The molecule has 0 spiro atoms. The summed E-state index contributed by atoms with van der Waals surface area (Å²) in [5, 5.41) is 15.2. The summed E-state index contributed by atoms with van der Waals surface area (Å²) in [6.07, 6.45) is 2.11. The van der Waals surface area contributed by atoms with Crippen LogP contribution >= 0.6 is 11.8 Å². The van der Waals surface area contributed by atoms with Crippen LogP contribution in [0.1, 0.15) is 19.8 Å². The quantitative estimate of drug-likeness (QED) is 0.567. The summed E-state index contributed by atoms with van der Waals surface area (Å²) < 4.78 is 6.83. The van der Waals surface area contributed by atoms with E-state index in [2.05, 4.69) is 20.8 Å². The number of esters is 1. The van der Waals surface area contributed by atoms with E-state index in [9.17, 15) is 4.79 Å². The lowest BCUT2D eigenvalue weighted by Crippen LogP contribution is -2.55. The minimum Gasteiger partial charge on any atom is -0.465 e. The lowest BCUT2D eigenvalue weighted by atomic mass is 9.96. The van der Waals surface area contributed by atoms with Crippen LogP contribution in [0.25, 0.3) is 0 Å². The Morgan fingerprint density at radius 3 is 2.84 bits per heavy atom. The number of hydrogen-bond acceptors (Lipinski definition) is 7. The maximum Gasteiger partial charge on any atom is 0.327 e. The minimum absolute atomic E-state index is 0.178. The number of tetrazole rings is 1. The molecule has 1 aromatic rings. The van der Waals surface area contributed by atoms with Gasteiger partial charge in [-0.3, -0.25) is 4.79 Å². The zero-order valence-corrected chi connectivity index (χ0v) is 12.2. The van der Waals surface area contributed by atoms with Gasteiger partial charge in [-0.1, -0.05) is 11.8 Å². The lowest BCUT2D eigenvalue weighted by molar-refractivity contribution is -0.150. The smallest absolute Gasteiger partial charge is 0.327 e. The monoisotopic (exact) mass is 285 g/mol. The van der Waals surface area contributed by atoms with Crippen LogP contribution in [0.15, 0.2) is 5.16 Å². The Bertz CT molecular complexity index is 448. The van der Waals surface area contributed by atoms with Gasteiger partial charge in [-0.15, -0.1) is 5.10 Å². The van der Waals surface area contributed by atoms with E-state index in [1.165, 1.54) is 11.8 Å². The molecule has 0 amide bonds. The highest BCUT2D eigenvalue weighted by molar-refractivity contribution is 7.99. The summed E-state index contributed by atoms with van der Waals surface area (Å²) in [7, 11) is 3.59. The fourth-order valence-electron chi connectivity index (χ4n) is 2.08. The average Bonchev–Trinajstić information content (AvgIpc) is 3.16. The molecular formula is C11H19N5O2S. The molecule has 0 saturated heterocycles. The Kier molecular flexibility index (Phi) is 4.41. The summed E-state index contributed by atoms with van der Waals surface area (Å²) in [5.74, 6) is 0.731. The Labute approximate surface area is 116 Å². The molecule has 19 heavy (non-hydrogen) atoms. The van der Waals surface area contributed by atoms with Gasteiger partial charge in [0.05, 0.1) is 6.61 Å². The molecule has 0 radical (unpaired) electrons. The molecule has 1 saturated carbocycles. The van der Waals surface area contributed by atoms with Gasteiger partial charge in [-0.25, -0.2) is 4.68 Å². The number of aromatic nitrogens is 4. The number of thioether (sulfide) groups is 1. The predicted molar refractivity (Wildman–Crippen MR) is 70.7 cm³/mol. The molecule has 8 heteroatoms. The van der Waals surface area contributed by atoms with E-state index in [1.54, 1.807) is 11.7 Å². The van der Waals surface area contributed by atoms with Gasteiger partial charge in [0.25, 0.3) is 0 Å². The van der Waals surface area contributed by atoms with Crippen LogP contribution in [-0.2, 0) is 16.6 Å². The summed E-state index contributed by atoms with van der Waals surface area (Å²) in [6, 6.07) is 0. The Hall–Kier alpha value is -1.15. The van der Waals surface area contributed by atoms with Crippen molar-refractivity contribution in [2.24, 2.45) is 13.0 Å². The molecule has 1 unspecified atom stereocenters. The third-order valence-corrected chi connectivity index (χ3v) is 4.57. The zero-order chi connectivity index (χ0) is 13.9. The Morgan fingerprint density at radius 2 is 2.37 bits per heavy atom. The molecule has 1 atom stereocenters. The lowest BCUT2D eigenvalue weighted by Gasteiger charge is -2.30. The van der Waals surface area contributed by atoms with Gasteiger partial charge < -0.3 is 10.1 Å². The number of nitrogens with one attached hydrogen (secondary N) is 1. The highest BCUT2D eigenvalue weighted by Crippen LogP contribution is 2.42. The molecule has 1 aliphatic carbocycles. The third kappa shape index (κ3) is 2.89. The van der Waals surface area contributed by atoms with Gasteiger partial charge in [-0.05, 0) is 43.2 Å². The van der Waals surface area contributed by atoms with Crippen LogP contribution in [0.2, 0.25) is 0 Å². The maximum atomic E-state index is 12.3. The van der Waals surface area contributed by atoms with Crippen molar-refractivity contribution < 1.29 is 9.53 Å². The van der Waals surface area contributed by atoms with Crippen molar-refractivity contribution >= 4 is 17.7 Å². The number of hydrogen-bond donors (Lipinski definition) is 1. The molecule has 1 fully saturated rings. The zero-order valence-electron chi connectivity index (χ0n) is 11.4. The van der Waals surface area contributed by atoms with Gasteiger partial charge in [0.2, 0.25) is 5.16 Å². The van der Waals surface area contributed by atoms with Gasteiger partial charge in [0.1, 0.15) is 5.54 Å². The summed E-state index contributed by atoms with van der Waals surface area (Å²) in [4.78, 5) is 12.3. The van der Waals surface area contributed by atoms with Crippen LogP contribution in [0.5, 0.6) is 0 Å². The van der Waals surface area contributed by atoms with Crippen molar-refractivity contribution in [1.82, 2.24) is 25.5 Å². The second-order valence-electron chi connectivity index (χ2n) is 4.59. The molecule has 1 aromatic heterocycles. The van der Waals surface area contributed by atoms with Crippen LogP contribution < -0.4 is 5.32 Å². The van der Waals surface area contributed by atoms with Crippen molar-refractivity contribution in [1.29, 1.82) is 0 Å². The minimum atomic E-state index is -0.632. The van der Waals surface area contributed by atoms with E-state index >= 15 is 0 Å². The molecule has 0 aromatic carbocycles. The molecule has 1 N–H and O–H groups in total. The molecule has 0 bridgehead atoms. The van der Waals surface area contributed by atoms with Crippen molar-refractivity contribution in [3.8, 4) is 0 Å². The second-order valence-corrected chi connectivity index (χ2v) is 5.53. The van der Waals surface area contributed by atoms with Crippen LogP contribution in [0, 0.1) is 5.92 Å². The van der Waals surface area contributed by atoms with Gasteiger partial charge in [-0.2, -0.15) is 0 Å². The van der Waals surface area contributed by atoms with Crippen molar-refractivity contribution in [2.75, 3.05) is 19.4 Å². The second kappa shape index (κ2) is 5.87. The number of ether oxygens (including phenoxy) is 1. The number of rotatable bonds is 7. The van der Waals surface area contributed by atoms with Crippen molar-refractivity contribution in [2.45, 2.75) is 30.5 Å². The van der Waals surface area contributed by atoms with Gasteiger partial charge >= 0.3 is 5.97 Å². The van der Waals surface area contributed by atoms with E-state index < -0.39 is 5.54 Å². The van der Waals surface area contributed by atoms with E-state index in [0.29, 0.717) is 23.4 Å². The largest absolute Gasteiger partial charge is 0.465 e. The topological polar surface area (TPSA) is 81.9 Å². The highest BCUT2D eigenvalue weighted by Gasteiger charge is 2.51. The molecule has 106 valence electrons. The first-order valence-corrected chi connectivity index (χ1v) is 7.34. The van der Waals surface area contributed by atoms with Crippen molar-refractivity contribution in [3.05, 3.63) is 0 Å². The van der Waals surface area contributed by atoms with Crippen molar-refractivity contribution in [3.63, 3.8) is 0 Å². The van der Waals surface area contributed by atoms with Crippen LogP contribution in [-0.4, -0.2) is 51.1 Å². The first-order chi connectivity index (χ1) is 9.14. The van der Waals surface area contributed by atoms with Gasteiger partial charge in [0.15, 0.2) is 0 Å². The normalized spacial score (nSPS) is 18.1. The number of aryl methyl sites for hydroxylation is 1. The number of nitrogens with zero attached hydrogens (tertiary/aromatic N) is 4. The molecule has 1 heterocycles. The fraction of sp³-hybridized carbons (Fsp3) is 0.818. The average molecular weight is 285 g/mol. The molecule has 2 rings (SSSR count). The summed E-state index contributed by atoms with van der Waals surface area (Å²) in [6.45, 7) is 2.22. The Morgan fingerprint density at radius 1 is 1.63 bits per heavy atom. The van der Waals surface area contributed by atoms with E-state index in [-0.39, 0.29) is 5.97 Å². The molecular weight excluding hydrogens is 266 g/mol. The van der Waals surface area contributed by atoms with Crippen LogP contribution in [0.3, 0.4) is 0 Å². The predicted octanol–water partition coefficient (Wildman–Crippen LogP) is 0.233. The standard InChI is InChI=1S/C11H19N5O2S/c1-4-18-9(17)11(12-2,8-5-6-8)7-19-10-13-14-15-16(10)3/h8,12H,4-7H2,1-3H3. The number of likely N-dealkylation sites (N-methyl/N-ethyl adjacent to an activating group) is 1. The van der Waals surface area contributed by atoms with E-state index in [0.717, 1.165) is 12.8 Å².